The van der Waals surface area contributed by atoms with Gasteiger partial charge in [0, 0.05) is 24.9 Å². The number of nitrogens with zero attached hydrogens (tertiary/aromatic N) is 1. The third kappa shape index (κ3) is 3.91. The zero-order valence-electron chi connectivity index (χ0n) is 10.3. The van der Waals surface area contributed by atoms with Gasteiger partial charge in [-0.2, -0.15) is 11.8 Å². The van der Waals surface area contributed by atoms with Crippen LogP contribution in [0.4, 0.5) is 0 Å². The molecular weight excluding hydrogens is 244 g/mol. The number of thioether (sulfide) groups is 1. The average Bonchev–Trinajstić information content (AvgIpc) is 2.68. The summed E-state index contributed by atoms with van der Waals surface area (Å²) in [5.74, 6) is 1.08. The second-order valence-corrected chi connectivity index (χ2v) is 7.38. The second kappa shape index (κ2) is 6.23. The molecule has 0 radical (unpaired) electrons. The van der Waals surface area contributed by atoms with Gasteiger partial charge in [0.1, 0.15) is 0 Å². The molecule has 1 aliphatic heterocycles. The van der Waals surface area contributed by atoms with Crippen molar-refractivity contribution in [2.24, 2.45) is 0 Å². The molecule has 96 valence electrons. The number of sulfonamides is 1. The predicted molar refractivity (Wildman–Crippen MR) is 70.4 cm³/mol. The maximum atomic E-state index is 12.1. The fraction of sp³-hybridized carbons (Fsp3) is 1.00. The lowest BCUT2D eigenvalue weighted by Crippen LogP contribution is -2.42. The fourth-order valence-electron chi connectivity index (χ4n) is 1.89. The van der Waals surface area contributed by atoms with Crippen molar-refractivity contribution in [1.29, 1.82) is 0 Å². The van der Waals surface area contributed by atoms with Crippen molar-refractivity contribution in [1.82, 2.24) is 9.62 Å². The van der Waals surface area contributed by atoms with Gasteiger partial charge in [-0.3, -0.25) is 0 Å². The van der Waals surface area contributed by atoms with Crippen LogP contribution in [-0.2, 0) is 10.0 Å². The van der Waals surface area contributed by atoms with Crippen molar-refractivity contribution in [3.05, 3.63) is 0 Å². The molecule has 2 unspecified atom stereocenters. The first-order valence-corrected chi connectivity index (χ1v) is 8.65. The van der Waals surface area contributed by atoms with E-state index in [1.54, 1.807) is 18.8 Å². The predicted octanol–water partition coefficient (Wildman–Crippen LogP) is 0.751. The molecule has 0 aromatic carbocycles. The summed E-state index contributed by atoms with van der Waals surface area (Å²) in [6.07, 6.45) is 4.06. The molecule has 0 aliphatic carbocycles. The molecule has 1 fully saturated rings. The molecule has 1 N–H and O–H groups in total. The first-order chi connectivity index (χ1) is 7.47. The number of hydrogen-bond acceptors (Lipinski definition) is 4. The van der Waals surface area contributed by atoms with Crippen LogP contribution in [0.3, 0.4) is 0 Å². The van der Waals surface area contributed by atoms with E-state index >= 15 is 0 Å². The van der Waals surface area contributed by atoms with Gasteiger partial charge in [-0.15, -0.1) is 0 Å². The van der Waals surface area contributed by atoms with E-state index in [2.05, 4.69) is 5.32 Å². The Morgan fingerprint density at radius 1 is 1.56 bits per heavy atom. The summed E-state index contributed by atoms with van der Waals surface area (Å²) in [4.78, 5) is 0. The molecular formula is C10H22N2O2S2. The van der Waals surface area contributed by atoms with Crippen LogP contribution in [0.1, 0.15) is 19.8 Å². The summed E-state index contributed by atoms with van der Waals surface area (Å²) in [5, 5.41) is 3.23. The summed E-state index contributed by atoms with van der Waals surface area (Å²) in [6.45, 7) is 2.90. The summed E-state index contributed by atoms with van der Waals surface area (Å²) in [7, 11) is -1.42. The molecule has 16 heavy (non-hydrogen) atoms. The number of nitrogens with one attached hydrogen (secondary N) is 1. The molecule has 1 rings (SSSR count). The van der Waals surface area contributed by atoms with Crippen LogP contribution in [0.2, 0.25) is 0 Å². The van der Waals surface area contributed by atoms with Gasteiger partial charge in [0.2, 0.25) is 10.0 Å². The second-order valence-electron chi connectivity index (χ2n) is 4.39. The van der Waals surface area contributed by atoms with Crippen molar-refractivity contribution in [2.75, 3.05) is 31.4 Å². The molecule has 0 amide bonds. The minimum atomic E-state index is -3.11. The van der Waals surface area contributed by atoms with Gasteiger partial charge in [-0.1, -0.05) is 0 Å². The maximum Gasteiger partial charge on any atom is 0.215 e. The smallest absolute Gasteiger partial charge is 0.215 e. The third-order valence-corrected chi connectivity index (χ3v) is 5.92. The van der Waals surface area contributed by atoms with Crippen LogP contribution in [0.25, 0.3) is 0 Å². The zero-order chi connectivity index (χ0) is 12.2. The zero-order valence-corrected chi connectivity index (χ0v) is 11.9. The van der Waals surface area contributed by atoms with E-state index in [-0.39, 0.29) is 17.8 Å². The minimum Gasteiger partial charge on any atom is -0.313 e. The molecule has 6 heteroatoms. The Balaban J connectivity index is 2.54. The highest BCUT2D eigenvalue weighted by Gasteiger charge is 2.27. The van der Waals surface area contributed by atoms with Gasteiger partial charge in [0.05, 0.1) is 5.75 Å². The van der Waals surface area contributed by atoms with Crippen molar-refractivity contribution in [3.8, 4) is 0 Å². The molecule has 0 spiro atoms. The van der Waals surface area contributed by atoms with E-state index < -0.39 is 10.0 Å². The van der Waals surface area contributed by atoms with Crippen molar-refractivity contribution < 1.29 is 8.42 Å². The van der Waals surface area contributed by atoms with E-state index in [4.69, 9.17) is 0 Å². The SMILES string of the molecule is CSCC(C)N(C)S(=O)(=O)CC1CCCN1. The third-order valence-electron chi connectivity index (χ3n) is 3.04. The quantitative estimate of drug-likeness (QED) is 0.771. The number of hydrogen-bond donors (Lipinski definition) is 1. The van der Waals surface area contributed by atoms with E-state index in [9.17, 15) is 8.42 Å². The number of rotatable bonds is 6. The van der Waals surface area contributed by atoms with Crippen LogP contribution in [0.15, 0.2) is 0 Å². The molecule has 4 nitrogen and oxygen atoms in total. The Morgan fingerprint density at radius 2 is 2.25 bits per heavy atom. The van der Waals surface area contributed by atoms with Gasteiger partial charge < -0.3 is 5.32 Å². The first kappa shape index (κ1) is 14.3. The van der Waals surface area contributed by atoms with Crippen LogP contribution in [0, 0.1) is 0 Å². The van der Waals surface area contributed by atoms with E-state index in [0.29, 0.717) is 0 Å². The van der Waals surface area contributed by atoms with Crippen LogP contribution in [-0.4, -0.2) is 56.2 Å². The molecule has 0 aromatic heterocycles. The monoisotopic (exact) mass is 266 g/mol. The highest BCUT2D eigenvalue weighted by atomic mass is 32.2. The first-order valence-electron chi connectivity index (χ1n) is 5.65. The lowest BCUT2D eigenvalue weighted by Gasteiger charge is -2.25. The standard InChI is InChI=1S/C10H22N2O2S2/c1-9(7-15-3)12(2)16(13,14)8-10-5-4-6-11-10/h9-11H,4-8H2,1-3H3. The topological polar surface area (TPSA) is 49.4 Å². The Labute approximate surface area is 103 Å². The lowest BCUT2D eigenvalue weighted by atomic mass is 10.3. The van der Waals surface area contributed by atoms with Gasteiger partial charge >= 0.3 is 0 Å². The summed E-state index contributed by atoms with van der Waals surface area (Å²) < 4.78 is 25.7. The Kier molecular flexibility index (Phi) is 5.56. The Bertz CT molecular complexity index is 300. The van der Waals surface area contributed by atoms with E-state index in [0.717, 1.165) is 25.1 Å². The minimum absolute atomic E-state index is 0.0707. The van der Waals surface area contributed by atoms with Crippen LogP contribution < -0.4 is 5.32 Å². The highest BCUT2D eigenvalue weighted by molar-refractivity contribution is 7.98. The largest absolute Gasteiger partial charge is 0.313 e. The lowest BCUT2D eigenvalue weighted by molar-refractivity contribution is 0.411. The normalized spacial score (nSPS) is 23.9. The Morgan fingerprint density at radius 3 is 2.75 bits per heavy atom. The van der Waals surface area contributed by atoms with Gasteiger partial charge in [-0.05, 0) is 32.6 Å². The fourth-order valence-corrected chi connectivity index (χ4v) is 4.34. The maximum absolute atomic E-state index is 12.1. The van der Waals surface area contributed by atoms with E-state index in [1.807, 2.05) is 13.2 Å². The molecule has 0 saturated carbocycles. The van der Waals surface area contributed by atoms with Gasteiger partial charge in [0.25, 0.3) is 0 Å². The van der Waals surface area contributed by atoms with Crippen LogP contribution >= 0.6 is 11.8 Å². The molecule has 1 aliphatic rings. The van der Waals surface area contributed by atoms with E-state index in [1.165, 1.54) is 4.31 Å². The summed E-state index contributed by atoms with van der Waals surface area (Å²) in [5.41, 5.74) is 0. The molecule has 0 bridgehead atoms. The molecule has 1 saturated heterocycles. The van der Waals surface area contributed by atoms with Crippen molar-refractivity contribution in [3.63, 3.8) is 0 Å². The van der Waals surface area contributed by atoms with Crippen molar-refractivity contribution >= 4 is 21.8 Å². The van der Waals surface area contributed by atoms with Crippen molar-refractivity contribution in [2.45, 2.75) is 31.8 Å². The molecule has 2 atom stereocenters. The summed E-state index contributed by atoms with van der Waals surface area (Å²) in [6, 6.07) is 0.218. The van der Waals surface area contributed by atoms with Crippen LogP contribution in [0.5, 0.6) is 0 Å². The molecule has 1 heterocycles. The average molecular weight is 266 g/mol. The summed E-state index contributed by atoms with van der Waals surface area (Å²) >= 11 is 1.68. The highest BCUT2D eigenvalue weighted by Crippen LogP contribution is 2.13. The van der Waals surface area contributed by atoms with Gasteiger partial charge in [0.15, 0.2) is 0 Å². The molecule has 0 aromatic rings. The Hall–Kier alpha value is 0.220. The van der Waals surface area contributed by atoms with Gasteiger partial charge in [-0.25, -0.2) is 12.7 Å².